The lowest BCUT2D eigenvalue weighted by atomic mass is 11.3. The Morgan fingerprint density at radius 1 is 1.10 bits per heavy atom. The summed E-state index contributed by atoms with van der Waals surface area (Å²) < 4.78 is 8.05. The molecule has 0 rings (SSSR count). The van der Waals surface area contributed by atoms with Crippen molar-refractivity contribution in [3.8, 4) is 0 Å². The quantitative estimate of drug-likeness (QED) is 0.610. The molecular weight excluding hydrogens is 169 g/mol. The van der Waals surface area contributed by atoms with Crippen molar-refractivity contribution in [3.63, 3.8) is 0 Å². The van der Waals surface area contributed by atoms with E-state index in [1.165, 1.54) is 0 Å². The van der Waals surface area contributed by atoms with Gasteiger partial charge in [0.15, 0.2) is 6.71 Å². The molecule has 0 aromatic carbocycles. The highest BCUT2D eigenvalue weighted by atomic mass is 35.7. The number of hydrogen-bond donors (Lipinski definition) is 0. The van der Waals surface area contributed by atoms with Gasteiger partial charge in [-0.1, -0.05) is 0 Å². The Balaban J connectivity index is 4.59. The lowest BCUT2D eigenvalue weighted by Crippen LogP contribution is -2.17. The Bertz CT molecular complexity index is 143. The van der Waals surface area contributed by atoms with E-state index in [-0.39, 0.29) is 0 Å². The number of halogens is 1. The molecule has 0 spiro atoms. The summed E-state index contributed by atoms with van der Waals surface area (Å²) >= 11 is 6.19. The van der Waals surface area contributed by atoms with E-state index in [1.54, 1.807) is 7.05 Å². The molecule has 0 heterocycles. The van der Waals surface area contributed by atoms with Gasteiger partial charge in [0.05, 0.1) is 0 Å². The van der Waals surface area contributed by atoms with Crippen molar-refractivity contribution in [3.05, 3.63) is 0 Å². The zero-order valence-electron chi connectivity index (χ0n) is 7.17. The highest BCUT2D eigenvalue weighted by molar-refractivity contribution is 7.87. The maximum atomic E-state index is 6.19. The van der Waals surface area contributed by atoms with Crippen LogP contribution in [0, 0.1) is 0 Å². The van der Waals surface area contributed by atoms with Crippen molar-refractivity contribution in [1.29, 1.82) is 0 Å². The van der Waals surface area contributed by atoms with Gasteiger partial charge in [-0.25, -0.2) is 0 Å². The number of nitrogens with zero attached hydrogens (tertiary/aromatic N) is 3. The van der Waals surface area contributed by atoms with Crippen LogP contribution in [0.15, 0.2) is 4.74 Å². The van der Waals surface area contributed by atoms with Crippen LogP contribution >= 0.6 is 17.9 Å². The largest absolute Gasteiger partial charge is 0.264 e. The molecule has 0 fully saturated rings. The maximum absolute atomic E-state index is 6.19. The Labute approximate surface area is 67.9 Å². The van der Waals surface area contributed by atoms with Crippen LogP contribution in [0.4, 0.5) is 0 Å². The van der Waals surface area contributed by atoms with Gasteiger partial charge in [0.25, 0.3) is 0 Å². The van der Waals surface area contributed by atoms with Crippen LogP contribution in [0.2, 0.25) is 0 Å². The molecule has 0 saturated heterocycles. The topological polar surface area (TPSA) is 18.8 Å². The van der Waals surface area contributed by atoms with Crippen molar-refractivity contribution in [2.45, 2.75) is 0 Å². The average molecular weight is 184 g/mol. The molecule has 10 heavy (non-hydrogen) atoms. The molecule has 0 aromatic heterocycles. The first-order valence-corrected chi connectivity index (χ1v) is 5.56. The van der Waals surface area contributed by atoms with Crippen LogP contribution < -0.4 is 0 Å². The van der Waals surface area contributed by atoms with E-state index in [9.17, 15) is 0 Å². The van der Waals surface area contributed by atoms with E-state index in [4.69, 9.17) is 11.2 Å². The first-order chi connectivity index (χ1) is 4.45. The number of rotatable bonds is 2. The molecular formula is C5H15ClN3P. The highest BCUT2D eigenvalue weighted by Gasteiger charge is 2.19. The molecule has 0 radical (unpaired) electrons. The van der Waals surface area contributed by atoms with Crippen LogP contribution in [0.1, 0.15) is 0 Å². The second-order valence-electron chi connectivity index (χ2n) is 2.39. The predicted molar refractivity (Wildman–Crippen MR) is 48.5 cm³/mol. The molecule has 62 valence electrons. The normalized spacial score (nSPS) is 12.8. The second-order valence-corrected chi connectivity index (χ2v) is 6.74. The average Bonchev–Trinajstić information content (AvgIpc) is 1.85. The Kier molecular flexibility index (Phi) is 3.89. The standard InChI is InChI=1S/C5H15ClN3P/c1-7-10(6,8(2)3)9(4)5/h1-5H3. The molecule has 0 aromatic rings. The minimum atomic E-state index is -1.83. The van der Waals surface area contributed by atoms with Crippen molar-refractivity contribution < 1.29 is 0 Å². The summed E-state index contributed by atoms with van der Waals surface area (Å²) in [5.41, 5.74) is 0. The maximum Gasteiger partial charge on any atom is 0.185 e. The van der Waals surface area contributed by atoms with E-state index in [0.717, 1.165) is 0 Å². The molecule has 0 N–H and O–H groups in total. The summed E-state index contributed by atoms with van der Waals surface area (Å²) in [6.07, 6.45) is 0. The minimum Gasteiger partial charge on any atom is -0.264 e. The van der Waals surface area contributed by atoms with E-state index in [1.807, 2.05) is 37.5 Å². The molecule has 0 aliphatic carbocycles. The molecule has 0 atom stereocenters. The Morgan fingerprint density at radius 2 is 1.40 bits per heavy atom. The second kappa shape index (κ2) is 3.72. The molecule has 0 unspecified atom stereocenters. The fraction of sp³-hybridized carbons (Fsp3) is 1.00. The smallest absolute Gasteiger partial charge is 0.185 e. The predicted octanol–water partition coefficient (Wildman–Crippen LogP) is 1.92. The van der Waals surface area contributed by atoms with Crippen LogP contribution in [-0.4, -0.2) is 44.6 Å². The molecule has 0 aliphatic rings. The Hall–Kier alpha value is 0.440. The third-order valence-corrected chi connectivity index (χ3v) is 6.08. The van der Waals surface area contributed by atoms with Crippen molar-refractivity contribution in [1.82, 2.24) is 9.34 Å². The van der Waals surface area contributed by atoms with Crippen LogP contribution in [0.3, 0.4) is 0 Å². The van der Waals surface area contributed by atoms with Crippen LogP contribution in [0.25, 0.3) is 0 Å². The van der Waals surface area contributed by atoms with Crippen molar-refractivity contribution >= 4 is 17.9 Å². The van der Waals surface area contributed by atoms with Gasteiger partial charge in [-0.05, 0) is 39.4 Å². The lowest BCUT2D eigenvalue weighted by Gasteiger charge is -2.29. The summed E-state index contributed by atoms with van der Waals surface area (Å²) in [5, 5.41) is 0. The summed E-state index contributed by atoms with van der Waals surface area (Å²) in [5.74, 6) is 0. The number of hydrogen-bond acceptors (Lipinski definition) is 1. The lowest BCUT2D eigenvalue weighted by molar-refractivity contribution is 0.576. The summed E-state index contributed by atoms with van der Waals surface area (Å²) in [7, 11) is 9.50. The van der Waals surface area contributed by atoms with Gasteiger partial charge in [0.2, 0.25) is 0 Å². The summed E-state index contributed by atoms with van der Waals surface area (Å²) in [6, 6.07) is 0. The molecule has 0 saturated carbocycles. The van der Waals surface area contributed by atoms with Gasteiger partial charge in [-0.2, -0.15) is 0 Å². The molecule has 0 aliphatic heterocycles. The van der Waals surface area contributed by atoms with E-state index in [2.05, 4.69) is 4.74 Å². The van der Waals surface area contributed by atoms with Gasteiger partial charge < -0.3 is 0 Å². The summed E-state index contributed by atoms with van der Waals surface area (Å²) in [4.78, 5) is 0. The minimum absolute atomic E-state index is 1.75. The fourth-order valence-corrected chi connectivity index (χ4v) is 2.15. The van der Waals surface area contributed by atoms with Gasteiger partial charge in [-0.3, -0.25) is 14.1 Å². The van der Waals surface area contributed by atoms with Crippen molar-refractivity contribution in [2.24, 2.45) is 4.74 Å². The van der Waals surface area contributed by atoms with Gasteiger partial charge in [-0.15, -0.1) is 0 Å². The van der Waals surface area contributed by atoms with E-state index in [0.29, 0.717) is 0 Å². The van der Waals surface area contributed by atoms with E-state index >= 15 is 0 Å². The SMILES string of the molecule is CN=P(Cl)(N(C)C)N(C)C. The Morgan fingerprint density at radius 3 is 1.40 bits per heavy atom. The monoisotopic (exact) mass is 183 g/mol. The molecule has 0 bridgehead atoms. The molecule has 5 heteroatoms. The third kappa shape index (κ3) is 1.96. The first-order valence-electron chi connectivity index (χ1n) is 3.01. The molecule has 0 amide bonds. The third-order valence-electron chi connectivity index (χ3n) is 1.27. The highest BCUT2D eigenvalue weighted by Crippen LogP contribution is 2.57. The van der Waals surface area contributed by atoms with Gasteiger partial charge in [0, 0.05) is 7.05 Å². The van der Waals surface area contributed by atoms with E-state index < -0.39 is 6.71 Å². The zero-order valence-corrected chi connectivity index (χ0v) is 8.82. The summed E-state index contributed by atoms with van der Waals surface area (Å²) in [6.45, 7) is -1.83. The first kappa shape index (κ1) is 10.4. The fourth-order valence-electron chi connectivity index (χ4n) is 0.716. The van der Waals surface area contributed by atoms with Gasteiger partial charge >= 0.3 is 0 Å². The van der Waals surface area contributed by atoms with Gasteiger partial charge in [0.1, 0.15) is 0 Å². The molecule has 3 nitrogen and oxygen atoms in total. The van der Waals surface area contributed by atoms with Crippen molar-refractivity contribution in [2.75, 3.05) is 35.2 Å². The van der Waals surface area contributed by atoms with Crippen LogP contribution in [-0.2, 0) is 0 Å². The van der Waals surface area contributed by atoms with Crippen LogP contribution in [0.5, 0.6) is 0 Å². The zero-order chi connectivity index (χ0) is 8.36.